The van der Waals surface area contributed by atoms with Crippen LogP contribution in [0.3, 0.4) is 0 Å². The molecule has 0 bridgehead atoms. The van der Waals surface area contributed by atoms with Crippen molar-refractivity contribution in [1.29, 1.82) is 0 Å². The van der Waals surface area contributed by atoms with Crippen LogP contribution in [0.5, 0.6) is 5.75 Å². The van der Waals surface area contributed by atoms with Gasteiger partial charge in [0.1, 0.15) is 5.75 Å². The number of nitrogens with two attached hydrogens (primary N) is 1. The standard InChI is InChI=1S/C14H20BrN3O/c1-10-4-6-18(7-5-10)14(16)17-9-11-2-3-13(19)12(15)8-11/h2-3,8,10,19H,4-7,9H2,1H3,(H2,16,17). The van der Waals surface area contributed by atoms with Crippen LogP contribution in [0.2, 0.25) is 0 Å². The lowest BCUT2D eigenvalue weighted by atomic mass is 10.00. The second-order valence-electron chi connectivity index (χ2n) is 5.13. The third-order valence-electron chi connectivity index (χ3n) is 3.54. The van der Waals surface area contributed by atoms with Gasteiger partial charge in [0.25, 0.3) is 0 Å². The largest absolute Gasteiger partial charge is 0.507 e. The van der Waals surface area contributed by atoms with E-state index < -0.39 is 0 Å². The van der Waals surface area contributed by atoms with Gasteiger partial charge in [0.15, 0.2) is 5.96 Å². The molecule has 1 saturated heterocycles. The summed E-state index contributed by atoms with van der Waals surface area (Å²) in [6, 6.07) is 5.38. The SMILES string of the molecule is CC1CCN(C(N)=NCc2ccc(O)c(Br)c2)CC1. The van der Waals surface area contributed by atoms with Gasteiger partial charge in [-0.25, -0.2) is 4.99 Å². The highest BCUT2D eigenvalue weighted by Gasteiger charge is 2.16. The maximum atomic E-state index is 9.43. The molecule has 0 saturated carbocycles. The third-order valence-corrected chi connectivity index (χ3v) is 4.18. The van der Waals surface area contributed by atoms with Crippen molar-refractivity contribution in [2.45, 2.75) is 26.3 Å². The molecular weight excluding hydrogens is 306 g/mol. The number of aromatic hydroxyl groups is 1. The monoisotopic (exact) mass is 325 g/mol. The molecule has 1 aromatic rings. The van der Waals surface area contributed by atoms with E-state index in [9.17, 15) is 5.11 Å². The van der Waals surface area contributed by atoms with E-state index >= 15 is 0 Å². The van der Waals surface area contributed by atoms with Gasteiger partial charge in [0.2, 0.25) is 0 Å². The molecule has 0 spiro atoms. The van der Waals surface area contributed by atoms with Crippen LogP contribution in [0, 0.1) is 5.92 Å². The first-order valence-electron chi connectivity index (χ1n) is 6.58. The minimum Gasteiger partial charge on any atom is -0.507 e. The van der Waals surface area contributed by atoms with Gasteiger partial charge < -0.3 is 15.7 Å². The summed E-state index contributed by atoms with van der Waals surface area (Å²) >= 11 is 3.30. The molecule has 0 amide bonds. The van der Waals surface area contributed by atoms with E-state index in [4.69, 9.17) is 5.73 Å². The average molecular weight is 326 g/mol. The molecule has 0 unspecified atom stereocenters. The number of phenols is 1. The number of halogens is 1. The molecule has 0 aromatic heterocycles. The zero-order valence-electron chi connectivity index (χ0n) is 11.1. The van der Waals surface area contributed by atoms with Crippen molar-refractivity contribution in [3.05, 3.63) is 28.2 Å². The molecule has 1 aromatic carbocycles. The van der Waals surface area contributed by atoms with Gasteiger partial charge in [0.05, 0.1) is 11.0 Å². The maximum absolute atomic E-state index is 9.43. The summed E-state index contributed by atoms with van der Waals surface area (Å²) in [6.45, 7) is 4.81. The van der Waals surface area contributed by atoms with E-state index in [-0.39, 0.29) is 5.75 Å². The summed E-state index contributed by atoms with van der Waals surface area (Å²) in [7, 11) is 0. The van der Waals surface area contributed by atoms with Crippen LogP contribution in [0.25, 0.3) is 0 Å². The first-order valence-corrected chi connectivity index (χ1v) is 7.38. The third kappa shape index (κ3) is 3.86. The Morgan fingerprint density at radius 2 is 2.16 bits per heavy atom. The fourth-order valence-corrected chi connectivity index (χ4v) is 2.58. The maximum Gasteiger partial charge on any atom is 0.191 e. The molecule has 1 fully saturated rings. The highest BCUT2D eigenvalue weighted by Crippen LogP contribution is 2.24. The molecule has 0 radical (unpaired) electrons. The Kier molecular flexibility index (Phi) is 4.69. The van der Waals surface area contributed by atoms with E-state index in [0.717, 1.165) is 24.6 Å². The molecule has 0 aliphatic carbocycles. The summed E-state index contributed by atoms with van der Waals surface area (Å²) in [5, 5.41) is 9.43. The van der Waals surface area contributed by atoms with Crippen molar-refractivity contribution in [2.75, 3.05) is 13.1 Å². The zero-order valence-corrected chi connectivity index (χ0v) is 12.7. The van der Waals surface area contributed by atoms with Gasteiger partial charge >= 0.3 is 0 Å². The Balaban J connectivity index is 1.95. The molecule has 2 rings (SSSR count). The number of hydrogen-bond donors (Lipinski definition) is 2. The van der Waals surface area contributed by atoms with Crippen molar-refractivity contribution in [2.24, 2.45) is 16.6 Å². The van der Waals surface area contributed by atoms with Gasteiger partial charge in [0, 0.05) is 13.1 Å². The molecule has 0 atom stereocenters. The number of nitrogens with zero attached hydrogens (tertiary/aromatic N) is 2. The van der Waals surface area contributed by atoms with Crippen molar-refractivity contribution >= 4 is 21.9 Å². The van der Waals surface area contributed by atoms with Crippen molar-refractivity contribution < 1.29 is 5.11 Å². The van der Waals surface area contributed by atoms with Gasteiger partial charge in [-0.3, -0.25) is 0 Å². The number of likely N-dealkylation sites (tertiary alicyclic amines) is 1. The normalized spacial score (nSPS) is 17.8. The lowest BCUT2D eigenvalue weighted by Gasteiger charge is -2.31. The molecular formula is C14H20BrN3O. The molecule has 1 aliphatic heterocycles. The molecule has 1 heterocycles. The summed E-state index contributed by atoms with van der Waals surface area (Å²) in [5.74, 6) is 1.65. The van der Waals surface area contributed by atoms with E-state index in [1.54, 1.807) is 6.07 Å². The van der Waals surface area contributed by atoms with E-state index in [2.05, 4.69) is 32.7 Å². The van der Waals surface area contributed by atoms with E-state index in [0.29, 0.717) is 17.0 Å². The number of phenolic OH excluding ortho intramolecular Hbond substituents is 1. The Hall–Kier alpha value is -1.23. The molecule has 19 heavy (non-hydrogen) atoms. The molecule has 5 heteroatoms. The predicted octanol–water partition coefficient (Wildman–Crippen LogP) is 2.70. The first kappa shape index (κ1) is 14.2. The highest BCUT2D eigenvalue weighted by atomic mass is 79.9. The Bertz CT molecular complexity index is 468. The van der Waals surface area contributed by atoms with Crippen LogP contribution in [-0.4, -0.2) is 29.1 Å². The Morgan fingerprint density at radius 3 is 2.79 bits per heavy atom. The number of hydrogen-bond acceptors (Lipinski definition) is 2. The first-order chi connectivity index (χ1) is 9.06. The minimum atomic E-state index is 0.241. The summed E-state index contributed by atoms with van der Waals surface area (Å²) in [5.41, 5.74) is 7.05. The van der Waals surface area contributed by atoms with Crippen molar-refractivity contribution in [1.82, 2.24) is 4.90 Å². The second kappa shape index (κ2) is 6.28. The molecule has 4 nitrogen and oxygen atoms in total. The second-order valence-corrected chi connectivity index (χ2v) is 5.98. The smallest absolute Gasteiger partial charge is 0.191 e. The van der Waals surface area contributed by atoms with Gasteiger partial charge in [-0.1, -0.05) is 13.0 Å². The summed E-state index contributed by atoms with van der Waals surface area (Å²) in [6.07, 6.45) is 2.36. The Labute approximate surface area is 122 Å². The van der Waals surface area contributed by atoms with Crippen molar-refractivity contribution in [3.63, 3.8) is 0 Å². The average Bonchev–Trinajstić information content (AvgIpc) is 2.40. The van der Waals surface area contributed by atoms with Crippen LogP contribution in [0.1, 0.15) is 25.3 Å². The fraction of sp³-hybridized carbons (Fsp3) is 0.500. The zero-order chi connectivity index (χ0) is 13.8. The molecule has 3 N–H and O–H groups in total. The van der Waals surface area contributed by atoms with Crippen LogP contribution in [0.4, 0.5) is 0 Å². The van der Waals surface area contributed by atoms with Crippen molar-refractivity contribution in [3.8, 4) is 5.75 Å². The predicted molar refractivity (Wildman–Crippen MR) is 81.1 cm³/mol. The van der Waals surface area contributed by atoms with Crippen LogP contribution in [0.15, 0.2) is 27.7 Å². The van der Waals surface area contributed by atoms with Crippen LogP contribution >= 0.6 is 15.9 Å². The highest BCUT2D eigenvalue weighted by molar-refractivity contribution is 9.10. The van der Waals surface area contributed by atoms with Gasteiger partial charge in [-0.05, 0) is 52.4 Å². The summed E-state index contributed by atoms with van der Waals surface area (Å²) < 4.78 is 0.686. The van der Waals surface area contributed by atoms with Crippen LogP contribution in [-0.2, 0) is 6.54 Å². The van der Waals surface area contributed by atoms with E-state index in [1.165, 1.54) is 12.8 Å². The topological polar surface area (TPSA) is 61.8 Å². The lowest BCUT2D eigenvalue weighted by molar-refractivity contribution is 0.277. The number of aliphatic imine (C=N–C) groups is 1. The minimum absolute atomic E-state index is 0.241. The van der Waals surface area contributed by atoms with Gasteiger partial charge in [-0.2, -0.15) is 0 Å². The molecule has 1 aliphatic rings. The number of piperidine rings is 1. The fourth-order valence-electron chi connectivity index (χ4n) is 2.16. The molecule has 104 valence electrons. The lowest BCUT2D eigenvalue weighted by Crippen LogP contribution is -2.42. The van der Waals surface area contributed by atoms with E-state index in [1.807, 2.05) is 12.1 Å². The number of guanidine groups is 1. The number of rotatable bonds is 2. The Morgan fingerprint density at radius 1 is 1.47 bits per heavy atom. The quantitative estimate of drug-likeness (QED) is 0.649. The van der Waals surface area contributed by atoms with Crippen LogP contribution < -0.4 is 5.73 Å². The van der Waals surface area contributed by atoms with Gasteiger partial charge in [-0.15, -0.1) is 0 Å². The number of benzene rings is 1. The summed E-state index contributed by atoms with van der Waals surface area (Å²) in [4.78, 5) is 6.58.